The molecule has 0 unspecified atom stereocenters. The zero-order valence-electron chi connectivity index (χ0n) is 15.3. The van der Waals surface area contributed by atoms with Crippen molar-refractivity contribution in [1.82, 2.24) is 10.3 Å². The van der Waals surface area contributed by atoms with Gasteiger partial charge < -0.3 is 20.1 Å². The molecule has 1 fully saturated rings. The summed E-state index contributed by atoms with van der Waals surface area (Å²) in [7, 11) is 0. The summed E-state index contributed by atoms with van der Waals surface area (Å²) >= 11 is 0. The van der Waals surface area contributed by atoms with Crippen LogP contribution in [0.15, 0.2) is 47.3 Å². The van der Waals surface area contributed by atoms with Gasteiger partial charge >= 0.3 is 0 Å². The molecule has 0 radical (unpaired) electrons. The average molecular weight is 368 g/mol. The lowest BCUT2D eigenvalue weighted by molar-refractivity contribution is -0.119. The molecule has 2 aromatic rings. The van der Waals surface area contributed by atoms with Crippen molar-refractivity contribution in [3.05, 3.63) is 69.6 Å². The molecule has 6 nitrogen and oxygen atoms in total. The molecule has 142 valence electrons. The van der Waals surface area contributed by atoms with Crippen LogP contribution < -0.4 is 15.6 Å². The van der Waals surface area contributed by atoms with Gasteiger partial charge in [0.25, 0.3) is 5.56 Å². The zero-order chi connectivity index (χ0) is 19.2. The van der Waals surface area contributed by atoms with Crippen molar-refractivity contribution in [3.63, 3.8) is 0 Å². The van der Waals surface area contributed by atoms with Crippen molar-refractivity contribution >= 4 is 11.5 Å². The molecule has 2 heterocycles. The lowest BCUT2D eigenvalue weighted by atomic mass is 9.98. The molecule has 0 aliphatic carbocycles. The van der Waals surface area contributed by atoms with Gasteiger partial charge in [-0.15, -0.1) is 0 Å². The number of carbonyl (C=O) groups excluding carboxylic acids is 1. The quantitative estimate of drug-likeness (QED) is 0.653. The number of rotatable bonds is 7. The van der Waals surface area contributed by atoms with Gasteiger partial charge in [-0.25, -0.2) is 0 Å². The fourth-order valence-corrected chi connectivity index (χ4v) is 3.02. The summed E-state index contributed by atoms with van der Waals surface area (Å²) in [5.74, 6) is 0.269. The number of aryl methyl sites for hydroxylation is 1. The number of aliphatic hydroxyl groups is 1. The zero-order valence-corrected chi connectivity index (χ0v) is 15.3. The molecule has 6 heteroatoms. The molecule has 1 atom stereocenters. The van der Waals surface area contributed by atoms with Crippen molar-refractivity contribution in [3.8, 4) is 5.75 Å². The monoisotopic (exact) mass is 368 g/mol. The summed E-state index contributed by atoms with van der Waals surface area (Å²) in [6.07, 6.45) is 3.71. The minimum absolute atomic E-state index is 0.0173. The van der Waals surface area contributed by atoms with Gasteiger partial charge in [-0.05, 0) is 31.0 Å². The van der Waals surface area contributed by atoms with Crippen LogP contribution in [0.2, 0.25) is 0 Å². The van der Waals surface area contributed by atoms with Gasteiger partial charge in [0.2, 0.25) is 5.91 Å². The maximum atomic E-state index is 12.4. The third-order valence-electron chi connectivity index (χ3n) is 4.48. The predicted octanol–water partition coefficient (Wildman–Crippen LogP) is 2.15. The van der Waals surface area contributed by atoms with E-state index < -0.39 is 0 Å². The Morgan fingerprint density at radius 2 is 2.00 bits per heavy atom. The molecule has 1 saturated heterocycles. The number of hydrogen-bond acceptors (Lipinski definition) is 4. The van der Waals surface area contributed by atoms with Crippen molar-refractivity contribution in [1.29, 1.82) is 0 Å². The lowest BCUT2D eigenvalue weighted by Gasteiger charge is -2.13. The number of carbonyl (C=O) groups is 1. The number of hydrogen-bond donors (Lipinski definition) is 3. The standard InChI is InChI=1S/C21H24N2O4/c1-14-3-5-15(6-4-14)17(13-16-7-10-20(25)22-16)18-8-9-19(21(26)23-18)27-12-2-11-24/h3-6,8-9,13,16,24H,2,7,10-12H2,1H3,(H,22,25)(H,23,26)/b17-13+/t16-/m1/s1. The average Bonchev–Trinajstić information content (AvgIpc) is 3.07. The molecule has 3 rings (SSSR count). The van der Waals surface area contributed by atoms with E-state index in [-0.39, 0.29) is 36.5 Å². The molecular weight excluding hydrogens is 344 g/mol. The maximum Gasteiger partial charge on any atom is 0.290 e. The molecular formula is C21H24N2O4. The highest BCUT2D eigenvalue weighted by molar-refractivity contribution is 5.82. The van der Waals surface area contributed by atoms with Gasteiger partial charge in [0.05, 0.1) is 6.61 Å². The minimum atomic E-state index is -0.320. The fourth-order valence-electron chi connectivity index (χ4n) is 3.02. The summed E-state index contributed by atoms with van der Waals surface area (Å²) in [6.45, 7) is 2.32. The summed E-state index contributed by atoms with van der Waals surface area (Å²) in [4.78, 5) is 26.8. The van der Waals surface area contributed by atoms with Gasteiger partial charge in [-0.1, -0.05) is 35.9 Å². The molecule has 3 N–H and O–H groups in total. The second kappa shape index (κ2) is 8.68. The number of pyridine rings is 1. The number of aromatic nitrogens is 1. The van der Waals surface area contributed by atoms with Crippen LogP contribution in [-0.4, -0.2) is 35.3 Å². The Bertz CT molecular complexity index is 884. The van der Waals surface area contributed by atoms with Crippen molar-refractivity contribution in [2.75, 3.05) is 13.2 Å². The van der Waals surface area contributed by atoms with E-state index in [1.807, 2.05) is 37.3 Å². The van der Waals surface area contributed by atoms with E-state index in [2.05, 4.69) is 10.3 Å². The lowest BCUT2D eigenvalue weighted by Crippen LogP contribution is -2.23. The topological polar surface area (TPSA) is 91.4 Å². The first-order chi connectivity index (χ1) is 13.1. The van der Waals surface area contributed by atoms with E-state index >= 15 is 0 Å². The van der Waals surface area contributed by atoms with Gasteiger partial charge in [0, 0.05) is 36.8 Å². The highest BCUT2D eigenvalue weighted by atomic mass is 16.5. The summed E-state index contributed by atoms with van der Waals surface area (Å²) < 4.78 is 5.40. The number of aromatic amines is 1. The SMILES string of the molecule is Cc1ccc(/C(=C\[C@H]2CCC(=O)N2)c2ccc(OCCCO)c(=O)[nH]2)cc1. The first-order valence-electron chi connectivity index (χ1n) is 9.12. The van der Waals surface area contributed by atoms with Crippen LogP contribution in [0.4, 0.5) is 0 Å². The first-order valence-corrected chi connectivity index (χ1v) is 9.12. The van der Waals surface area contributed by atoms with Crippen LogP contribution in [0.3, 0.4) is 0 Å². The molecule has 1 amide bonds. The third kappa shape index (κ3) is 4.86. The minimum Gasteiger partial charge on any atom is -0.488 e. The third-order valence-corrected chi connectivity index (χ3v) is 4.48. The Kier molecular flexibility index (Phi) is 6.08. The van der Waals surface area contributed by atoms with Gasteiger partial charge in [-0.2, -0.15) is 0 Å². The van der Waals surface area contributed by atoms with E-state index in [1.54, 1.807) is 12.1 Å². The normalized spacial score (nSPS) is 17.0. The predicted molar refractivity (Wildman–Crippen MR) is 104 cm³/mol. The Balaban J connectivity index is 1.94. The number of amides is 1. The number of nitrogens with one attached hydrogen (secondary N) is 2. The Morgan fingerprint density at radius 1 is 1.22 bits per heavy atom. The molecule has 0 bridgehead atoms. The number of benzene rings is 1. The van der Waals surface area contributed by atoms with Crippen LogP contribution in [0, 0.1) is 6.92 Å². The second-order valence-corrected chi connectivity index (χ2v) is 6.65. The van der Waals surface area contributed by atoms with Gasteiger partial charge in [-0.3, -0.25) is 9.59 Å². The van der Waals surface area contributed by atoms with Crippen LogP contribution >= 0.6 is 0 Å². The Labute approximate surface area is 157 Å². The van der Waals surface area contributed by atoms with Crippen LogP contribution in [-0.2, 0) is 4.79 Å². The van der Waals surface area contributed by atoms with E-state index in [4.69, 9.17) is 9.84 Å². The van der Waals surface area contributed by atoms with Crippen molar-refractivity contribution in [2.24, 2.45) is 0 Å². The molecule has 1 aromatic carbocycles. The van der Waals surface area contributed by atoms with Crippen molar-refractivity contribution < 1.29 is 14.6 Å². The van der Waals surface area contributed by atoms with E-state index in [0.29, 0.717) is 18.5 Å². The summed E-state index contributed by atoms with van der Waals surface area (Å²) in [6, 6.07) is 11.4. The fraction of sp³-hybridized carbons (Fsp3) is 0.333. The van der Waals surface area contributed by atoms with E-state index in [0.717, 1.165) is 23.1 Å². The summed E-state index contributed by atoms with van der Waals surface area (Å²) in [5.41, 5.74) is 3.32. The smallest absolute Gasteiger partial charge is 0.290 e. The second-order valence-electron chi connectivity index (χ2n) is 6.65. The Hall–Kier alpha value is -2.86. The number of H-pyrrole nitrogens is 1. The maximum absolute atomic E-state index is 12.4. The van der Waals surface area contributed by atoms with E-state index in [9.17, 15) is 9.59 Å². The molecule has 1 aromatic heterocycles. The van der Waals surface area contributed by atoms with Crippen LogP contribution in [0.5, 0.6) is 5.75 Å². The number of ether oxygens (including phenoxy) is 1. The number of aliphatic hydroxyl groups excluding tert-OH is 1. The largest absolute Gasteiger partial charge is 0.488 e. The van der Waals surface area contributed by atoms with Crippen LogP contribution in [0.1, 0.15) is 36.1 Å². The van der Waals surface area contributed by atoms with Gasteiger partial charge in [0.1, 0.15) is 0 Å². The van der Waals surface area contributed by atoms with Crippen LogP contribution in [0.25, 0.3) is 5.57 Å². The molecule has 27 heavy (non-hydrogen) atoms. The van der Waals surface area contributed by atoms with Gasteiger partial charge in [0.15, 0.2) is 5.75 Å². The first kappa shape index (κ1) is 18.9. The highest BCUT2D eigenvalue weighted by Crippen LogP contribution is 2.25. The van der Waals surface area contributed by atoms with E-state index in [1.165, 1.54) is 0 Å². The molecule has 1 aliphatic rings. The molecule has 0 saturated carbocycles. The molecule has 1 aliphatic heterocycles. The highest BCUT2D eigenvalue weighted by Gasteiger charge is 2.20. The molecule has 0 spiro atoms. The Morgan fingerprint density at radius 3 is 2.63 bits per heavy atom. The summed E-state index contributed by atoms with van der Waals surface area (Å²) in [5, 5.41) is 11.8. The van der Waals surface area contributed by atoms with Crippen molar-refractivity contribution in [2.45, 2.75) is 32.2 Å².